The lowest BCUT2D eigenvalue weighted by atomic mass is 10.2. The highest BCUT2D eigenvalue weighted by atomic mass is 32.2. The Bertz CT molecular complexity index is 1020. The van der Waals surface area contributed by atoms with Crippen LogP contribution in [0.3, 0.4) is 0 Å². The second kappa shape index (κ2) is 7.69. The molecule has 0 radical (unpaired) electrons. The van der Waals surface area contributed by atoms with E-state index in [0.29, 0.717) is 37.8 Å². The van der Waals surface area contributed by atoms with Crippen molar-refractivity contribution >= 4 is 21.9 Å². The Morgan fingerprint density at radius 3 is 2.45 bits per heavy atom. The number of anilines is 1. The maximum absolute atomic E-state index is 12.9. The minimum atomic E-state index is -3.52. The number of morpholine rings is 1. The lowest BCUT2D eigenvalue weighted by molar-refractivity contribution is 0.0750. The molecule has 0 atom stereocenters. The van der Waals surface area contributed by atoms with Gasteiger partial charge in [-0.2, -0.15) is 0 Å². The van der Waals surface area contributed by atoms with Gasteiger partial charge in [-0.3, -0.25) is 4.79 Å². The molecule has 0 spiro atoms. The Morgan fingerprint density at radius 2 is 1.79 bits per heavy atom. The van der Waals surface area contributed by atoms with Crippen LogP contribution < -0.4 is 4.90 Å². The van der Waals surface area contributed by atoms with Crippen molar-refractivity contribution in [2.24, 2.45) is 0 Å². The largest absolute Gasteiger partial charge is 0.378 e. The first-order chi connectivity index (χ1) is 13.9. The molecule has 29 heavy (non-hydrogen) atoms. The summed E-state index contributed by atoms with van der Waals surface area (Å²) < 4.78 is 30.9. The van der Waals surface area contributed by atoms with Crippen LogP contribution >= 0.6 is 0 Å². The summed E-state index contributed by atoms with van der Waals surface area (Å²) in [6.07, 6.45) is 1.78. The Hall–Kier alpha value is -2.56. The maximum atomic E-state index is 12.9. The smallest absolute Gasteiger partial charge is 0.254 e. The van der Waals surface area contributed by atoms with Crippen LogP contribution in [0.1, 0.15) is 21.6 Å². The molecular formula is C19H23N5O4S. The van der Waals surface area contributed by atoms with Crippen LogP contribution in [0.2, 0.25) is 0 Å². The summed E-state index contributed by atoms with van der Waals surface area (Å²) >= 11 is 0. The van der Waals surface area contributed by atoms with Gasteiger partial charge in [0.05, 0.1) is 30.3 Å². The topological polar surface area (TPSA) is 95.9 Å². The van der Waals surface area contributed by atoms with Crippen LogP contribution in [-0.4, -0.2) is 73.9 Å². The van der Waals surface area contributed by atoms with Crippen molar-refractivity contribution < 1.29 is 17.9 Å². The lowest BCUT2D eigenvalue weighted by Crippen LogP contribution is -2.37. The standard InChI is InChI=1S/C19H23N5O4S/c1-22(2)29(26,27)16-5-3-14(4-6-16)18(25)24-12-15-11-20-19(21-17(15)13-24)23-7-9-28-10-8-23/h3-6,11H,7-10,12-13H2,1-2H3. The van der Waals surface area contributed by atoms with Crippen molar-refractivity contribution in [1.29, 1.82) is 0 Å². The van der Waals surface area contributed by atoms with E-state index in [9.17, 15) is 13.2 Å². The summed E-state index contributed by atoms with van der Waals surface area (Å²) in [7, 11) is -0.572. The first-order valence-corrected chi connectivity index (χ1v) is 10.8. The van der Waals surface area contributed by atoms with Gasteiger partial charge in [0.1, 0.15) is 0 Å². The maximum Gasteiger partial charge on any atom is 0.254 e. The van der Waals surface area contributed by atoms with E-state index < -0.39 is 10.0 Å². The quantitative estimate of drug-likeness (QED) is 0.723. The number of fused-ring (bicyclic) bond motifs is 1. The minimum Gasteiger partial charge on any atom is -0.378 e. The van der Waals surface area contributed by atoms with Crippen molar-refractivity contribution in [1.82, 2.24) is 19.2 Å². The second-order valence-electron chi connectivity index (χ2n) is 7.21. The molecule has 2 aromatic rings. The number of rotatable bonds is 4. The number of ether oxygens (including phenoxy) is 1. The molecule has 0 N–H and O–H groups in total. The fourth-order valence-corrected chi connectivity index (χ4v) is 4.27. The van der Waals surface area contributed by atoms with Gasteiger partial charge in [-0.25, -0.2) is 22.7 Å². The summed E-state index contributed by atoms with van der Waals surface area (Å²) in [5, 5.41) is 0. The zero-order valence-corrected chi connectivity index (χ0v) is 17.2. The number of sulfonamides is 1. The second-order valence-corrected chi connectivity index (χ2v) is 9.37. The molecule has 1 aromatic carbocycles. The fourth-order valence-electron chi connectivity index (χ4n) is 3.37. The summed E-state index contributed by atoms with van der Waals surface area (Å²) in [5.74, 6) is 0.504. The molecule has 3 heterocycles. The van der Waals surface area contributed by atoms with E-state index in [1.807, 2.05) is 0 Å². The van der Waals surface area contributed by atoms with Gasteiger partial charge in [0.25, 0.3) is 5.91 Å². The van der Waals surface area contributed by atoms with Gasteiger partial charge >= 0.3 is 0 Å². The van der Waals surface area contributed by atoms with E-state index in [4.69, 9.17) is 4.74 Å². The number of aromatic nitrogens is 2. The number of amides is 1. The number of benzene rings is 1. The Balaban J connectivity index is 1.48. The molecule has 9 nitrogen and oxygen atoms in total. The molecule has 1 fully saturated rings. The molecular weight excluding hydrogens is 394 g/mol. The van der Waals surface area contributed by atoms with E-state index >= 15 is 0 Å². The predicted octanol–water partition coefficient (Wildman–Crippen LogP) is 0.720. The predicted molar refractivity (Wildman–Crippen MR) is 106 cm³/mol. The third-order valence-corrected chi connectivity index (χ3v) is 6.93. The molecule has 4 rings (SSSR count). The first-order valence-electron chi connectivity index (χ1n) is 9.35. The third-order valence-electron chi connectivity index (χ3n) is 5.10. The van der Waals surface area contributed by atoms with E-state index in [1.165, 1.54) is 26.2 Å². The average molecular weight is 417 g/mol. The third kappa shape index (κ3) is 3.83. The van der Waals surface area contributed by atoms with Crippen molar-refractivity contribution in [2.45, 2.75) is 18.0 Å². The summed E-state index contributed by atoms with van der Waals surface area (Å²) in [6, 6.07) is 6.02. The summed E-state index contributed by atoms with van der Waals surface area (Å²) in [5.41, 5.74) is 2.22. The zero-order valence-electron chi connectivity index (χ0n) is 16.4. The van der Waals surface area contributed by atoms with E-state index in [2.05, 4.69) is 14.9 Å². The Labute approximate surface area is 170 Å². The van der Waals surface area contributed by atoms with Gasteiger partial charge in [0.15, 0.2) is 0 Å². The number of hydrogen-bond acceptors (Lipinski definition) is 7. The van der Waals surface area contributed by atoms with Crippen molar-refractivity contribution in [3.05, 3.63) is 47.3 Å². The van der Waals surface area contributed by atoms with Crippen molar-refractivity contribution in [3.63, 3.8) is 0 Å². The molecule has 1 aromatic heterocycles. The zero-order chi connectivity index (χ0) is 20.6. The average Bonchev–Trinajstić information content (AvgIpc) is 3.17. The Kier molecular flexibility index (Phi) is 5.24. The molecule has 2 aliphatic heterocycles. The number of carbonyl (C=O) groups excluding carboxylic acids is 1. The van der Waals surface area contributed by atoms with Crippen LogP contribution in [0.25, 0.3) is 0 Å². The van der Waals surface area contributed by atoms with E-state index in [0.717, 1.165) is 28.7 Å². The van der Waals surface area contributed by atoms with Gasteiger partial charge in [-0.1, -0.05) is 0 Å². The molecule has 1 saturated heterocycles. The SMILES string of the molecule is CN(C)S(=O)(=O)c1ccc(C(=O)N2Cc3cnc(N4CCOCC4)nc3C2)cc1. The molecule has 0 aliphatic carbocycles. The highest BCUT2D eigenvalue weighted by molar-refractivity contribution is 7.89. The van der Waals surface area contributed by atoms with Gasteiger partial charge < -0.3 is 14.5 Å². The lowest BCUT2D eigenvalue weighted by Gasteiger charge is -2.26. The van der Waals surface area contributed by atoms with Crippen LogP contribution in [0.4, 0.5) is 5.95 Å². The number of nitrogens with zero attached hydrogens (tertiary/aromatic N) is 5. The molecule has 10 heteroatoms. The molecule has 2 aliphatic rings. The van der Waals surface area contributed by atoms with E-state index in [-0.39, 0.29) is 10.8 Å². The molecule has 0 unspecified atom stereocenters. The van der Waals surface area contributed by atoms with Crippen LogP contribution in [0, 0.1) is 0 Å². The highest BCUT2D eigenvalue weighted by Gasteiger charge is 2.27. The Morgan fingerprint density at radius 1 is 1.10 bits per heavy atom. The highest BCUT2D eigenvalue weighted by Crippen LogP contribution is 2.25. The van der Waals surface area contributed by atoms with Gasteiger partial charge in [0.2, 0.25) is 16.0 Å². The normalized spacial score (nSPS) is 16.9. The summed E-state index contributed by atoms with van der Waals surface area (Å²) in [6.45, 7) is 3.67. The van der Waals surface area contributed by atoms with Crippen LogP contribution in [0.15, 0.2) is 35.4 Å². The first kappa shape index (κ1) is 19.7. The summed E-state index contributed by atoms with van der Waals surface area (Å²) in [4.78, 5) is 25.9. The van der Waals surface area contributed by atoms with Gasteiger partial charge in [-0.15, -0.1) is 0 Å². The van der Waals surface area contributed by atoms with Gasteiger partial charge in [-0.05, 0) is 24.3 Å². The van der Waals surface area contributed by atoms with Crippen molar-refractivity contribution in [2.75, 3.05) is 45.3 Å². The number of carbonyl (C=O) groups is 1. The molecule has 154 valence electrons. The van der Waals surface area contributed by atoms with Gasteiger partial charge in [0, 0.05) is 51.1 Å². The number of hydrogen-bond donors (Lipinski definition) is 0. The van der Waals surface area contributed by atoms with Crippen LogP contribution in [0.5, 0.6) is 0 Å². The molecule has 0 bridgehead atoms. The van der Waals surface area contributed by atoms with E-state index in [1.54, 1.807) is 23.2 Å². The fraction of sp³-hybridized carbons (Fsp3) is 0.421. The van der Waals surface area contributed by atoms with Crippen LogP contribution in [-0.2, 0) is 27.8 Å². The molecule has 1 amide bonds. The monoisotopic (exact) mass is 417 g/mol. The minimum absolute atomic E-state index is 0.157. The van der Waals surface area contributed by atoms with Crippen molar-refractivity contribution in [3.8, 4) is 0 Å². The molecule has 0 saturated carbocycles.